The third kappa shape index (κ3) is 1.34. The zero-order chi connectivity index (χ0) is 8.43. The molecular formula is C7H6FNO2. The van der Waals surface area contributed by atoms with E-state index in [-0.39, 0.29) is 5.56 Å². The van der Waals surface area contributed by atoms with E-state index >= 15 is 0 Å². The number of aromatic carboxylic acids is 1. The normalized spacial score (nSPS) is 9.64. The van der Waals surface area contributed by atoms with Gasteiger partial charge in [-0.05, 0) is 18.6 Å². The Morgan fingerprint density at radius 2 is 2.36 bits per heavy atom. The topological polar surface area (TPSA) is 50.2 Å². The summed E-state index contributed by atoms with van der Waals surface area (Å²) in [6.45, 7) is 1.49. The highest BCUT2D eigenvalue weighted by Gasteiger charge is 2.12. The molecule has 1 aromatic heterocycles. The van der Waals surface area contributed by atoms with E-state index < -0.39 is 17.5 Å². The van der Waals surface area contributed by atoms with Crippen molar-refractivity contribution in [2.75, 3.05) is 0 Å². The van der Waals surface area contributed by atoms with Crippen LogP contribution in [0.2, 0.25) is 0 Å². The lowest BCUT2D eigenvalue weighted by atomic mass is 10.2. The first-order chi connectivity index (χ1) is 5.13. The molecule has 58 valence electrons. The van der Waals surface area contributed by atoms with Crippen molar-refractivity contribution < 1.29 is 14.3 Å². The fourth-order valence-corrected chi connectivity index (χ4v) is 0.689. The first kappa shape index (κ1) is 7.65. The number of nitrogens with zero attached hydrogens (tertiary/aromatic N) is 1. The lowest BCUT2D eigenvalue weighted by Gasteiger charge is -1.97. The van der Waals surface area contributed by atoms with Gasteiger partial charge in [-0.3, -0.25) is 0 Å². The van der Waals surface area contributed by atoms with Crippen LogP contribution in [0.15, 0.2) is 12.3 Å². The Morgan fingerprint density at radius 3 is 2.82 bits per heavy atom. The maximum absolute atomic E-state index is 12.8. The monoisotopic (exact) mass is 155 g/mol. The molecule has 0 amide bonds. The number of carbonyl (C=O) groups is 1. The Kier molecular flexibility index (Phi) is 1.85. The summed E-state index contributed by atoms with van der Waals surface area (Å²) in [6.07, 6.45) is 1.27. The lowest BCUT2D eigenvalue weighted by Crippen LogP contribution is -2.04. The Labute approximate surface area is 62.5 Å². The number of halogens is 1. The van der Waals surface area contributed by atoms with Crippen LogP contribution in [0, 0.1) is 12.7 Å². The van der Waals surface area contributed by atoms with Crippen LogP contribution in [-0.4, -0.2) is 16.1 Å². The van der Waals surface area contributed by atoms with Crippen molar-refractivity contribution in [3.8, 4) is 0 Å². The van der Waals surface area contributed by atoms with Crippen LogP contribution in [0.5, 0.6) is 0 Å². The number of hydrogen-bond donors (Lipinski definition) is 1. The van der Waals surface area contributed by atoms with Gasteiger partial charge in [0.2, 0.25) is 0 Å². The summed E-state index contributed by atoms with van der Waals surface area (Å²) in [7, 11) is 0. The van der Waals surface area contributed by atoms with Gasteiger partial charge in [0.25, 0.3) is 0 Å². The van der Waals surface area contributed by atoms with E-state index in [1.807, 2.05) is 0 Å². The number of carboxylic acid groups (broad SMARTS) is 1. The molecule has 0 aliphatic carbocycles. The standard InChI is InChI=1S/C7H6FNO2/c1-4-2-3-9-6(5(4)8)7(10)11/h2-3H,1H3,(H,10,11). The SMILES string of the molecule is Cc1ccnc(C(=O)O)c1F. The van der Waals surface area contributed by atoms with E-state index in [0.717, 1.165) is 0 Å². The van der Waals surface area contributed by atoms with Crippen molar-refractivity contribution >= 4 is 5.97 Å². The molecule has 1 rings (SSSR count). The zero-order valence-corrected chi connectivity index (χ0v) is 5.84. The van der Waals surface area contributed by atoms with E-state index in [1.165, 1.54) is 19.2 Å². The van der Waals surface area contributed by atoms with Gasteiger partial charge < -0.3 is 5.11 Å². The number of hydrogen-bond acceptors (Lipinski definition) is 2. The number of rotatable bonds is 1. The highest BCUT2D eigenvalue weighted by Crippen LogP contribution is 2.07. The molecule has 1 N–H and O–H groups in total. The molecule has 0 aliphatic heterocycles. The first-order valence-electron chi connectivity index (χ1n) is 2.97. The van der Waals surface area contributed by atoms with Crippen LogP contribution in [0.3, 0.4) is 0 Å². The summed E-state index contributed by atoms with van der Waals surface area (Å²) in [5, 5.41) is 8.39. The van der Waals surface area contributed by atoms with E-state index in [9.17, 15) is 9.18 Å². The summed E-state index contributed by atoms with van der Waals surface area (Å²) in [5.41, 5.74) is -0.234. The minimum absolute atomic E-state index is 0.289. The van der Waals surface area contributed by atoms with Gasteiger partial charge in [0.05, 0.1) is 0 Å². The van der Waals surface area contributed by atoms with Crippen molar-refractivity contribution in [1.82, 2.24) is 4.98 Å². The quantitative estimate of drug-likeness (QED) is 0.663. The fourth-order valence-electron chi connectivity index (χ4n) is 0.689. The van der Waals surface area contributed by atoms with Crippen molar-refractivity contribution in [1.29, 1.82) is 0 Å². The van der Waals surface area contributed by atoms with Crippen LogP contribution < -0.4 is 0 Å². The zero-order valence-electron chi connectivity index (χ0n) is 5.84. The number of aryl methyl sites for hydroxylation is 1. The van der Waals surface area contributed by atoms with E-state index in [0.29, 0.717) is 0 Å². The van der Waals surface area contributed by atoms with Crippen molar-refractivity contribution in [3.05, 3.63) is 29.3 Å². The predicted octanol–water partition coefficient (Wildman–Crippen LogP) is 1.23. The average molecular weight is 155 g/mol. The second kappa shape index (κ2) is 2.65. The second-order valence-electron chi connectivity index (χ2n) is 2.10. The largest absolute Gasteiger partial charge is 0.476 e. The van der Waals surface area contributed by atoms with Crippen LogP contribution >= 0.6 is 0 Å². The predicted molar refractivity (Wildman–Crippen MR) is 35.9 cm³/mol. The number of carboxylic acids is 1. The first-order valence-corrected chi connectivity index (χ1v) is 2.97. The van der Waals surface area contributed by atoms with Gasteiger partial charge >= 0.3 is 5.97 Å². The van der Waals surface area contributed by atoms with Crippen LogP contribution in [-0.2, 0) is 0 Å². The van der Waals surface area contributed by atoms with Crippen LogP contribution in [0.25, 0.3) is 0 Å². The molecule has 0 unspecified atom stereocenters. The lowest BCUT2D eigenvalue weighted by molar-refractivity contribution is 0.0684. The third-order valence-corrected chi connectivity index (χ3v) is 1.28. The molecule has 0 saturated heterocycles. The van der Waals surface area contributed by atoms with E-state index in [1.54, 1.807) is 0 Å². The van der Waals surface area contributed by atoms with E-state index in [2.05, 4.69) is 4.98 Å². The van der Waals surface area contributed by atoms with Crippen molar-refractivity contribution in [2.45, 2.75) is 6.92 Å². The second-order valence-corrected chi connectivity index (χ2v) is 2.10. The highest BCUT2D eigenvalue weighted by molar-refractivity contribution is 5.85. The molecule has 0 radical (unpaired) electrons. The van der Waals surface area contributed by atoms with E-state index in [4.69, 9.17) is 5.11 Å². The third-order valence-electron chi connectivity index (χ3n) is 1.28. The molecule has 0 aliphatic rings. The number of pyridine rings is 1. The van der Waals surface area contributed by atoms with Crippen molar-refractivity contribution in [2.24, 2.45) is 0 Å². The molecule has 1 aromatic rings. The Morgan fingerprint density at radius 1 is 1.73 bits per heavy atom. The maximum atomic E-state index is 12.8. The fraction of sp³-hybridized carbons (Fsp3) is 0.143. The van der Waals surface area contributed by atoms with Gasteiger partial charge in [-0.1, -0.05) is 0 Å². The summed E-state index contributed by atoms with van der Waals surface area (Å²) in [5.74, 6) is -2.11. The van der Waals surface area contributed by atoms with Gasteiger partial charge in [0.15, 0.2) is 11.5 Å². The van der Waals surface area contributed by atoms with Crippen LogP contribution in [0.1, 0.15) is 16.1 Å². The van der Waals surface area contributed by atoms with Crippen LogP contribution in [0.4, 0.5) is 4.39 Å². The van der Waals surface area contributed by atoms with Gasteiger partial charge in [0, 0.05) is 6.20 Å². The van der Waals surface area contributed by atoms with Gasteiger partial charge in [0.1, 0.15) is 0 Å². The van der Waals surface area contributed by atoms with Crippen molar-refractivity contribution in [3.63, 3.8) is 0 Å². The summed E-state index contributed by atoms with van der Waals surface area (Å²) < 4.78 is 12.8. The highest BCUT2D eigenvalue weighted by atomic mass is 19.1. The molecule has 4 heteroatoms. The number of aromatic nitrogens is 1. The molecular weight excluding hydrogens is 149 g/mol. The Hall–Kier alpha value is -1.45. The molecule has 3 nitrogen and oxygen atoms in total. The molecule has 0 spiro atoms. The van der Waals surface area contributed by atoms with Gasteiger partial charge in [-0.15, -0.1) is 0 Å². The Bertz CT molecular complexity index is 298. The molecule has 0 bridgehead atoms. The average Bonchev–Trinajstić information content (AvgIpc) is 1.94. The molecule has 0 aromatic carbocycles. The van der Waals surface area contributed by atoms with Gasteiger partial charge in [-0.25, -0.2) is 14.2 Å². The minimum Gasteiger partial charge on any atom is -0.476 e. The summed E-state index contributed by atoms with van der Waals surface area (Å²) in [4.78, 5) is 13.6. The summed E-state index contributed by atoms with van der Waals surface area (Å²) >= 11 is 0. The minimum atomic E-state index is -1.34. The smallest absolute Gasteiger partial charge is 0.357 e. The maximum Gasteiger partial charge on any atom is 0.357 e. The molecule has 0 fully saturated rings. The molecule has 0 atom stereocenters. The summed E-state index contributed by atoms with van der Waals surface area (Å²) in [6, 6.07) is 1.42. The van der Waals surface area contributed by atoms with Gasteiger partial charge in [-0.2, -0.15) is 0 Å². The molecule has 0 saturated carbocycles. The molecule has 11 heavy (non-hydrogen) atoms. The Balaban J connectivity index is 3.27. The molecule has 1 heterocycles.